The normalized spacial score (nSPS) is 10.9. The molecule has 0 aliphatic heterocycles. The van der Waals surface area contributed by atoms with Gasteiger partial charge in [0.05, 0.1) is 11.4 Å². The SMILES string of the molecule is CC(=O)Nc1ccc(N=Nc2c(-c3ccncc3)[nH][nH]c2=O)cc1. The summed E-state index contributed by atoms with van der Waals surface area (Å²) in [4.78, 5) is 26.8. The summed E-state index contributed by atoms with van der Waals surface area (Å²) in [6.45, 7) is 1.44. The standard InChI is InChI=1S/C16H14N6O2/c1-10(23)18-12-2-4-13(5-3-12)19-21-15-14(20-22-16(15)24)11-6-8-17-9-7-11/h2-9H,1H3,(H,18,23)(H2,20,22,24). The molecule has 0 bridgehead atoms. The fraction of sp³-hybridized carbons (Fsp3) is 0.0625. The lowest BCUT2D eigenvalue weighted by Gasteiger charge is -2.01. The first kappa shape index (κ1) is 15.3. The van der Waals surface area contributed by atoms with Gasteiger partial charge < -0.3 is 5.32 Å². The minimum Gasteiger partial charge on any atom is -0.326 e. The van der Waals surface area contributed by atoms with Crippen molar-refractivity contribution in [3.05, 3.63) is 59.1 Å². The highest BCUT2D eigenvalue weighted by atomic mass is 16.1. The predicted octanol–water partition coefficient (Wildman–Crippen LogP) is 3.14. The zero-order valence-corrected chi connectivity index (χ0v) is 12.8. The largest absolute Gasteiger partial charge is 0.326 e. The van der Waals surface area contributed by atoms with Crippen LogP contribution in [-0.2, 0) is 4.79 Å². The maximum absolute atomic E-state index is 11.9. The first-order valence-corrected chi connectivity index (χ1v) is 7.14. The number of azo groups is 1. The van der Waals surface area contributed by atoms with Crippen LogP contribution in [0.25, 0.3) is 11.3 Å². The van der Waals surface area contributed by atoms with Crippen molar-refractivity contribution >= 4 is 23.0 Å². The number of carbonyl (C=O) groups is 1. The van der Waals surface area contributed by atoms with Crippen LogP contribution in [0.2, 0.25) is 0 Å². The van der Waals surface area contributed by atoms with Gasteiger partial charge in [-0.25, -0.2) is 0 Å². The molecule has 0 unspecified atom stereocenters. The van der Waals surface area contributed by atoms with E-state index in [1.807, 2.05) is 0 Å². The summed E-state index contributed by atoms with van der Waals surface area (Å²) in [6.07, 6.45) is 3.25. The van der Waals surface area contributed by atoms with Gasteiger partial charge in [-0.2, -0.15) is 5.11 Å². The van der Waals surface area contributed by atoms with Crippen molar-refractivity contribution in [2.24, 2.45) is 10.2 Å². The van der Waals surface area contributed by atoms with Gasteiger partial charge >= 0.3 is 0 Å². The first-order chi connectivity index (χ1) is 11.6. The van der Waals surface area contributed by atoms with Crippen molar-refractivity contribution in [3.63, 3.8) is 0 Å². The van der Waals surface area contributed by atoms with Gasteiger partial charge in [-0.05, 0) is 36.4 Å². The Morgan fingerprint density at radius 2 is 1.75 bits per heavy atom. The number of carbonyl (C=O) groups excluding carboxylic acids is 1. The first-order valence-electron chi connectivity index (χ1n) is 7.14. The van der Waals surface area contributed by atoms with Crippen LogP contribution in [0.4, 0.5) is 17.1 Å². The summed E-state index contributed by atoms with van der Waals surface area (Å²) in [5.74, 6) is -0.148. The van der Waals surface area contributed by atoms with E-state index in [1.165, 1.54) is 6.92 Å². The third kappa shape index (κ3) is 3.43. The molecule has 1 aromatic carbocycles. The lowest BCUT2D eigenvalue weighted by atomic mass is 10.2. The van der Waals surface area contributed by atoms with Crippen LogP contribution in [0.1, 0.15) is 6.92 Å². The van der Waals surface area contributed by atoms with Crippen molar-refractivity contribution < 1.29 is 4.79 Å². The Bertz CT molecular complexity index is 925. The van der Waals surface area contributed by atoms with E-state index in [9.17, 15) is 9.59 Å². The summed E-state index contributed by atoms with van der Waals surface area (Å²) in [6, 6.07) is 10.3. The molecule has 120 valence electrons. The third-order valence-electron chi connectivity index (χ3n) is 3.18. The molecule has 3 aromatic rings. The number of hydrogen-bond donors (Lipinski definition) is 3. The lowest BCUT2D eigenvalue weighted by molar-refractivity contribution is -0.114. The molecule has 0 aliphatic carbocycles. The molecule has 0 radical (unpaired) electrons. The molecular formula is C16H14N6O2. The molecule has 3 N–H and O–H groups in total. The highest BCUT2D eigenvalue weighted by Gasteiger charge is 2.11. The molecule has 8 nitrogen and oxygen atoms in total. The highest BCUT2D eigenvalue weighted by Crippen LogP contribution is 2.26. The van der Waals surface area contributed by atoms with Crippen LogP contribution in [0.3, 0.4) is 0 Å². The molecule has 0 spiro atoms. The quantitative estimate of drug-likeness (QED) is 0.641. The van der Waals surface area contributed by atoms with Crippen molar-refractivity contribution in [2.45, 2.75) is 6.92 Å². The van der Waals surface area contributed by atoms with Gasteiger partial charge in [0.25, 0.3) is 5.56 Å². The number of H-pyrrole nitrogens is 2. The maximum Gasteiger partial charge on any atom is 0.292 e. The Hall–Kier alpha value is -3.55. The van der Waals surface area contributed by atoms with E-state index in [4.69, 9.17) is 0 Å². The molecule has 3 rings (SSSR count). The van der Waals surface area contributed by atoms with Crippen LogP contribution in [0, 0.1) is 0 Å². The number of amides is 1. The van der Waals surface area contributed by atoms with Crippen molar-refractivity contribution in [2.75, 3.05) is 5.32 Å². The van der Waals surface area contributed by atoms with Crippen LogP contribution in [0.5, 0.6) is 0 Å². The molecule has 0 fully saturated rings. The van der Waals surface area contributed by atoms with E-state index in [0.29, 0.717) is 17.1 Å². The smallest absolute Gasteiger partial charge is 0.292 e. The zero-order valence-electron chi connectivity index (χ0n) is 12.8. The molecule has 24 heavy (non-hydrogen) atoms. The number of anilines is 1. The van der Waals surface area contributed by atoms with Crippen LogP contribution in [0.15, 0.2) is 63.8 Å². The number of hydrogen-bond acceptors (Lipinski definition) is 5. The summed E-state index contributed by atoms with van der Waals surface area (Å²) in [5, 5.41) is 16.1. The molecule has 0 atom stereocenters. The Kier molecular flexibility index (Phi) is 4.28. The Morgan fingerprint density at radius 3 is 2.42 bits per heavy atom. The Balaban J connectivity index is 1.86. The van der Waals surface area contributed by atoms with Gasteiger partial charge in [0.15, 0.2) is 5.69 Å². The number of nitrogens with one attached hydrogen (secondary N) is 3. The topological polar surface area (TPSA) is 115 Å². The number of aromatic nitrogens is 3. The number of aromatic amines is 2. The summed E-state index contributed by atoms with van der Waals surface area (Å²) in [5.41, 5.74) is 2.37. The number of rotatable bonds is 4. The Labute approximate surface area is 136 Å². The van der Waals surface area contributed by atoms with E-state index in [0.717, 1.165) is 5.56 Å². The highest BCUT2D eigenvalue weighted by molar-refractivity contribution is 5.88. The van der Waals surface area contributed by atoms with Gasteiger partial charge in [-0.1, -0.05) is 0 Å². The summed E-state index contributed by atoms with van der Waals surface area (Å²) >= 11 is 0. The van der Waals surface area contributed by atoms with Crippen LogP contribution in [-0.4, -0.2) is 21.1 Å². The fourth-order valence-corrected chi connectivity index (χ4v) is 2.10. The zero-order chi connectivity index (χ0) is 16.9. The molecular weight excluding hydrogens is 308 g/mol. The van der Waals surface area contributed by atoms with Crippen LogP contribution < -0.4 is 10.9 Å². The second-order valence-corrected chi connectivity index (χ2v) is 4.97. The van der Waals surface area contributed by atoms with Gasteiger partial charge in [0.2, 0.25) is 5.91 Å². The van der Waals surface area contributed by atoms with Crippen molar-refractivity contribution in [1.82, 2.24) is 15.2 Å². The number of benzene rings is 1. The van der Waals surface area contributed by atoms with E-state index < -0.39 is 0 Å². The molecule has 8 heteroatoms. The van der Waals surface area contributed by atoms with Crippen molar-refractivity contribution in [1.29, 1.82) is 0 Å². The van der Waals surface area contributed by atoms with E-state index in [1.54, 1.807) is 48.8 Å². The fourth-order valence-electron chi connectivity index (χ4n) is 2.10. The van der Waals surface area contributed by atoms with E-state index in [2.05, 4.69) is 30.7 Å². The van der Waals surface area contributed by atoms with Crippen LogP contribution >= 0.6 is 0 Å². The molecule has 0 saturated carbocycles. The van der Waals surface area contributed by atoms with E-state index >= 15 is 0 Å². The molecule has 0 saturated heterocycles. The summed E-state index contributed by atoms with van der Waals surface area (Å²) < 4.78 is 0. The average Bonchev–Trinajstić information content (AvgIpc) is 2.95. The average molecular weight is 322 g/mol. The monoisotopic (exact) mass is 322 g/mol. The molecule has 2 aromatic heterocycles. The Morgan fingerprint density at radius 1 is 1.04 bits per heavy atom. The third-order valence-corrected chi connectivity index (χ3v) is 3.18. The van der Waals surface area contributed by atoms with Gasteiger partial charge in [-0.3, -0.25) is 24.8 Å². The van der Waals surface area contributed by atoms with Gasteiger partial charge in [0.1, 0.15) is 0 Å². The second-order valence-electron chi connectivity index (χ2n) is 4.97. The maximum atomic E-state index is 11.9. The second kappa shape index (κ2) is 6.69. The van der Waals surface area contributed by atoms with E-state index in [-0.39, 0.29) is 17.2 Å². The van der Waals surface area contributed by atoms with Gasteiger partial charge in [-0.15, -0.1) is 5.11 Å². The summed E-state index contributed by atoms with van der Waals surface area (Å²) in [7, 11) is 0. The number of nitrogens with zero attached hydrogens (tertiary/aromatic N) is 3. The number of pyridine rings is 1. The molecule has 1 amide bonds. The van der Waals surface area contributed by atoms with Crippen molar-refractivity contribution in [3.8, 4) is 11.3 Å². The van der Waals surface area contributed by atoms with Gasteiger partial charge in [0, 0.05) is 30.6 Å². The minimum absolute atomic E-state index is 0.148. The molecule has 0 aliphatic rings. The minimum atomic E-state index is -0.361. The lowest BCUT2D eigenvalue weighted by Crippen LogP contribution is -2.04. The molecule has 2 heterocycles. The predicted molar refractivity (Wildman–Crippen MR) is 89.6 cm³/mol.